The molecule has 0 saturated heterocycles. The predicted molar refractivity (Wildman–Crippen MR) is 17.3 cm³/mol. The maximum Gasteiger partial charge on any atom is 3.00 e. The molecule has 0 aliphatic carbocycles. The molecule has 0 heterocycles. The molecule has 0 bridgehead atoms. The second-order valence-electron chi connectivity index (χ2n) is 0. The van der Waals surface area contributed by atoms with Gasteiger partial charge in [-0.25, -0.2) is 0 Å². The molecule has 0 saturated carbocycles. The third kappa shape index (κ3) is 19.1. The van der Waals surface area contributed by atoms with Crippen molar-refractivity contribution >= 4 is 82.6 Å². The Morgan fingerprint density at radius 1 is 1.00 bits per heavy atom. The van der Waals surface area contributed by atoms with Gasteiger partial charge < -0.3 is 4.70 Å². The van der Waals surface area contributed by atoms with Crippen LogP contribution in [-0.4, -0.2) is 82.6 Å². The van der Waals surface area contributed by atoms with E-state index in [-0.39, 0.29) is 106 Å². The molecule has 0 aliphatic heterocycles. The topological polar surface area (TPSA) is 0 Å². The second-order valence-corrected chi connectivity index (χ2v) is 0. The summed E-state index contributed by atoms with van der Waals surface area (Å²) in [6.45, 7) is 0. The van der Waals surface area contributed by atoms with Crippen LogP contribution in [0.25, 0.3) is 0 Å². The van der Waals surface area contributed by atoms with Gasteiger partial charge in [-0.2, -0.15) is 0 Å². The van der Waals surface area contributed by atoms with Crippen LogP contribution in [-0.2, 0) is 0 Å². The molecule has 0 aromatic heterocycles. The molecule has 0 fully saturated rings. The first-order valence-electron chi connectivity index (χ1n) is 0. The second kappa shape index (κ2) is 27.1. The summed E-state index contributed by atoms with van der Waals surface area (Å²) in [6, 6.07) is 0. The normalized spacial score (nSPS) is 0. The number of halogens is 1. The van der Waals surface area contributed by atoms with Crippen molar-refractivity contribution in [3.63, 3.8) is 0 Å². The minimum atomic E-state index is 0. The van der Waals surface area contributed by atoms with E-state index in [1.54, 1.807) is 0 Å². The molecule has 0 atom stereocenters. The summed E-state index contributed by atoms with van der Waals surface area (Å²) >= 11 is 0. The van der Waals surface area contributed by atoms with Gasteiger partial charge >= 0.3 is 101 Å². The molecule has 5 heavy (non-hydrogen) atoms. The van der Waals surface area contributed by atoms with E-state index in [4.69, 9.17) is 0 Å². The van der Waals surface area contributed by atoms with Gasteiger partial charge in [0.15, 0.2) is 0 Å². The van der Waals surface area contributed by atoms with E-state index in [1.165, 1.54) is 0 Å². The zero-order valence-electron chi connectivity index (χ0n) is 3.24. The number of rotatable bonds is 0. The average molecular weight is 210 g/mol. The van der Waals surface area contributed by atoms with Gasteiger partial charge in [0, 0.05) is 0 Å². The van der Waals surface area contributed by atoms with Crippen LogP contribution in [0.1, 0.15) is 0 Å². The predicted octanol–water partition coefficient (Wildman–Crippen LogP) is -7.13. The Kier molecular flexibility index (Phi) is 226. The van der Waals surface area contributed by atoms with Crippen LogP contribution in [0.2, 0.25) is 0 Å². The maximum atomic E-state index is 0. The average Bonchev–Trinajstić information content (AvgIpc) is 0. The summed E-state index contributed by atoms with van der Waals surface area (Å²) in [5.74, 6) is 0. The summed E-state index contributed by atoms with van der Waals surface area (Å²) < 4.78 is 0. The van der Waals surface area contributed by atoms with Crippen molar-refractivity contribution in [2.45, 2.75) is 0 Å². The molecule has 0 spiro atoms. The third-order valence-electron chi connectivity index (χ3n) is 0. The van der Waals surface area contributed by atoms with Crippen LogP contribution in [0.3, 0.4) is 0 Å². The Hall–Kier alpha value is 3.18. The van der Waals surface area contributed by atoms with Crippen molar-refractivity contribution in [3.05, 3.63) is 0 Å². The molecular formula is AlFGaLiSr+8. The first-order chi connectivity index (χ1) is 0. The zero-order valence-corrected chi connectivity index (χ0v) is 10.3. The maximum absolute atomic E-state index is 0. The van der Waals surface area contributed by atoms with Gasteiger partial charge in [0.1, 0.15) is 0 Å². The molecule has 0 radical (unpaired) electrons. The minimum Gasteiger partial charge on any atom is -1.00 e. The van der Waals surface area contributed by atoms with Crippen LogP contribution >= 0.6 is 0 Å². The first kappa shape index (κ1) is 41.7. The smallest absolute Gasteiger partial charge is 1.00 e. The molecule has 0 aromatic rings. The van der Waals surface area contributed by atoms with Gasteiger partial charge in [0.25, 0.3) is 0 Å². The van der Waals surface area contributed by atoms with Crippen molar-refractivity contribution in [1.29, 1.82) is 0 Å². The number of hydrogen-bond donors (Lipinski definition) is 0. The Morgan fingerprint density at radius 3 is 1.00 bits per heavy atom. The van der Waals surface area contributed by atoms with Crippen LogP contribution in [0.4, 0.5) is 0 Å². The number of hydrogen-bond acceptors (Lipinski definition) is 0. The van der Waals surface area contributed by atoms with Crippen molar-refractivity contribution in [1.82, 2.24) is 0 Å². The Morgan fingerprint density at radius 2 is 1.00 bits per heavy atom. The van der Waals surface area contributed by atoms with Gasteiger partial charge in [0.05, 0.1) is 0 Å². The van der Waals surface area contributed by atoms with Gasteiger partial charge in [-0.15, -0.1) is 0 Å². The van der Waals surface area contributed by atoms with Gasteiger partial charge in [-0.05, 0) is 0 Å². The van der Waals surface area contributed by atoms with E-state index in [0.717, 1.165) is 0 Å². The van der Waals surface area contributed by atoms with Crippen LogP contribution < -0.4 is 23.6 Å². The molecular weight excluding hydrogens is 210 g/mol. The van der Waals surface area contributed by atoms with Crippen molar-refractivity contribution in [2.24, 2.45) is 0 Å². The summed E-state index contributed by atoms with van der Waals surface area (Å²) in [4.78, 5) is 0. The fraction of sp³-hybridized carbons (Fsp3) is 0. The van der Waals surface area contributed by atoms with Crippen LogP contribution in [0.5, 0.6) is 0 Å². The molecule has 8 valence electrons. The monoisotopic (exact) mass is 210 g/mol. The SMILES string of the molecule is [Al+3].[F-].[Ga+3].[Li+].[Sr+2]. The van der Waals surface area contributed by atoms with Crippen molar-refractivity contribution < 1.29 is 23.6 Å². The molecule has 0 N–H and O–H groups in total. The Balaban J connectivity index is 0. The van der Waals surface area contributed by atoms with Gasteiger partial charge in [0.2, 0.25) is 0 Å². The standard InChI is InChI=1S/Al.FH.Ga.Li.Sr/h;1H;;;/q+3;;+3;+1;+2/p-1. The fourth-order valence-electron chi connectivity index (χ4n) is 0. The summed E-state index contributed by atoms with van der Waals surface area (Å²) in [7, 11) is 0. The van der Waals surface area contributed by atoms with E-state index in [1.807, 2.05) is 0 Å². The van der Waals surface area contributed by atoms with Crippen molar-refractivity contribution in [2.75, 3.05) is 0 Å². The quantitative estimate of drug-likeness (QED) is 0.349. The van der Waals surface area contributed by atoms with E-state index in [2.05, 4.69) is 0 Å². The largest absolute Gasteiger partial charge is 3.00 e. The van der Waals surface area contributed by atoms with E-state index in [9.17, 15) is 0 Å². The minimum absolute atomic E-state index is 0. The van der Waals surface area contributed by atoms with E-state index in [0.29, 0.717) is 0 Å². The molecule has 0 nitrogen and oxygen atoms in total. The zero-order chi connectivity index (χ0) is 0. The molecule has 0 unspecified atom stereocenters. The van der Waals surface area contributed by atoms with Gasteiger partial charge in [-0.1, -0.05) is 0 Å². The molecule has 0 amide bonds. The van der Waals surface area contributed by atoms with E-state index >= 15 is 0 Å². The Labute approximate surface area is 104 Å². The van der Waals surface area contributed by atoms with Crippen LogP contribution in [0, 0.1) is 0 Å². The first-order valence-corrected chi connectivity index (χ1v) is 0. The fourth-order valence-corrected chi connectivity index (χ4v) is 0. The summed E-state index contributed by atoms with van der Waals surface area (Å²) in [5, 5.41) is 0. The van der Waals surface area contributed by atoms with Crippen molar-refractivity contribution in [3.8, 4) is 0 Å². The third-order valence-corrected chi connectivity index (χ3v) is 0. The summed E-state index contributed by atoms with van der Waals surface area (Å²) in [6.07, 6.45) is 0. The molecule has 0 rings (SSSR count). The van der Waals surface area contributed by atoms with Gasteiger partial charge in [-0.3, -0.25) is 0 Å². The molecule has 0 aliphatic rings. The molecule has 5 heteroatoms. The van der Waals surface area contributed by atoms with Crippen LogP contribution in [0.15, 0.2) is 0 Å². The van der Waals surface area contributed by atoms with E-state index < -0.39 is 0 Å². The summed E-state index contributed by atoms with van der Waals surface area (Å²) in [5.41, 5.74) is 0. The molecule has 0 aromatic carbocycles. The Bertz CT molecular complexity index is 11.6.